The van der Waals surface area contributed by atoms with Gasteiger partial charge in [-0.05, 0) is 71.5 Å². The average molecular weight is 600 g/mol. The van der Waals surface area contributed by atoms with Crippen molar-refractivity contribution in [1.82, 2.24) is 10.2 Å². The van der Waals surface area contributed by atoms with Crippen LogP contribution >= 0.6 is 0 Å². The van der Waals surface area contributed by atoms with E-state index in [1.165, 1.54) is 12.1 Å². The van der Waals surface area contributed by atoms with Crippen molar-refractivity contribution < 1.29 is 27.6 Å². The summed E-state index contributed by atoms with van der Waals surface area (Å²) in [6.07, 6.45) is -3.15. The largest absolute Gasteiger partial charge is 0.416 e. The normalized spacial score (nSPS) is 13.2. The summed E-state index contributed by atoms with van der Waals surface area (Å²) in [5.41, 5.74) is 3.15. The van der Waals surface area contributed by atoms with E-state index in [0.717, 1.165) is 24.1 Å². The van der Waals surface area contributed by atoms with Crippen LogP contribution in [0.15, 0.2) is 97.1 Å². The Kier molecular flexibility index (Phi) is 8.85. The maximum Gasteiger partial charge on any atom is 0.416 e. The quantitative estimate of drug-likeness (QED) is 0.239. The number of carbonyl (C=O) groups excluding carboxylic acids is 3. The third-order valence-corrected chi connectivity index (χ3v) is 7.75. The summed E-state index contributed by atoms with van der Waals surface area (Å²) in [4.78, 5) is 43.6. The van der Waals surface area contributed by atoms with Crippen molar-refractivity contribution in [3.63, 3.8) is 0 Å². The van der Waals surface area contributed by atoms with Gasteiger partial charge in [-0.1, -0.05) is 67.6 Å². The molecule has 0 saturated heterocycles. The summed E-state index contributed by atoms with van der Waals surface area (Å²) in [5.74, 6) is -0.904. The van der Waals surface area contributed by atoms with Gasteiger partial charge in [0.1, 0.15) is 6.04 Å². The molecule has 0 radical (unpaired) electrons. The number of anilines is 1. The van der Waals surface area contributed by atoms with Crippen LogP contribution in [-0.2, 0) is 17.4 Å². The lowest BCUT2D eigenvalue weighted by molar-refractivity contribution is -0.137. The summed E-state index contributed by atoms with van der Waals surface area (Å²) in [6.45, 7) is 2.92. The van der Waals surface area contributed by atoms with Crippen LogP contribution in [0, 0.1) is 0 Å². The molecule has 226 valence electrons. The van der Waals surface area contributed by atoms with Gasteiger partial charge in [-0.15, -0.1) is 0 Å². The van der Waals surface area contributed by atoms with Gasteiger partial charge in [0.05, 0.1) is 5.56 Å². The third-order valence-electron chi connectivity index (χ3n) is 7.75. The van der Waals surface area contributed by atoms with Gasteiger partial charge >= 0.3 is 6.18 Å². The molecule has 1 heterocycles. The molecule has 0 aromatic heterocycles. The average Bonchev–Trinajstić information content (AvgIpc) is 3.46. The molecule has 9 heteroatoms. The van der Waals surface area contributed by atoms with Crippen LogP contribution in [0.3, 0.4) is 0 Å². The second-order valence-corrected chi connectivity index (χ2v) is 10.7. The first-order valence-electron chi connectivity index (χ1n) is 14.4. The lowest BCUT2D eigenvalue weighted by atomic mass is 9.97. The fourth-order valence-electron chi connectivity index (χ4n) is 5.47. The highest BCUT2D eigenvalue weighted by Crippen LogP contribution is 2.35. The number of amides is 3. The maximum atomic E-state index is 13.8. The molecule has 44 heavy (non-hydrogen) atoms. The minimum Gasteiger partial charge on any atom is -0.344 e. The van der Waals surface area contributed by atoms with Gasteiger partial charge in [0, 0.05) is 37.0 Å². The van der Waals surface area contributed by atoms with E-state index in [0.29, 0.717) is 53.0 Å². The lowest BCUT2D eigenvalue weighted by Gasteiger charge is -2.25. The number of hydrogen-bond donors (Lipinski definition) is 1. The summed E-state index contributed by atoms with van der Waals surface area (Å²) >= 11 is 0. The van der Waals surface area contributed by atoms with Crippen molar-refractivity contribution in [2.24, 2.45) is 0 Å². The molecule has 1 N–H and O–H groups in total. The van der Waals surface area contributed by atoms with E-state index in [2.05, 4.69) is 5.32 Å². The smallest absolute Gasteiger partial charge is 0.344 e. The Morgan fingerprint density at radius 2 is 1.59 bits per heavy atom. The van der Waals surface area contributed by atoms with Crippen molar-refractivity contribution in [1.29, 1.82) is 0 Å². The molecule has 1 atom stereocenters. The van der Waals surface area contributed by atoms with E-state index in [4.69, 9.17) is 0 Å². The first-order chi connectivity index (χ1) is 21.1. The number of nitrogens with zero attached hydrogens (tertiary/aromatic N) is 2. The number of fused-ring (bicyclic) bond motifs is 1. The van der Waals surface area contributed by atoms with Gasteiger partial charge in [-0.25, -0.2) is 0 Å². The van der Waals surface area contributed by atoms with E-state index in [-0.39, 0.29) is 11.8 Å². The van der Waals surface area contributed by atoms with Gasteiger partial charge in [-0.2, -0.15) is 13.2 Å². The molecule has 5 rings (SSSR count). The van der Waals surface area contributed by atoms with Crippen LogP contribution in [0.2, 0.25) is 0 Å². The number of hydrogen-bond acceptors (Lipinski definition) is 3. The lowest BCUT2D eigenvalue weighted by Crippen LogP contribution is -2.41. The van der Waals surface area contributed by atoms with Crippen LogP contribution in [0.4, 0.5) is 18.9 Å². The summed E-state index contributed by atoms with van der Waals surface area (Å²) in [6, 6.07) is 24.9. The molecule has 4 aromatic carbocycles. The first-order valence-corrected chi connectivity index (χ1v) is 14.4. The molecule has 0 bridgehead atoms. The van der Waals surface area contributed by atoms with Gasteiger partial charge in [0.25, 0.3) is 11.8 Å². The molecule has 1 aliphatic heterocycles. The van der Waals surface area contributed by atoms with Crippen molar-refractivity contribution in [3.8, 4) is 11.1 Å². The highest BCUT2D eigenvalue weighted by atomic mass is 19.4. The molecule has 0 saturated carbocycles. The molecule has 3 amide bonds. The highest BCUT2D eigenvalue weighted by molar-refractivity contribution is 6.11. The standard InChI is InChI=1S/C35H32F3N3O3/c1-3-20-40(2)34(44)31(24-9-5-4-6-10-24)39-32(42)26-15-18-30-25(22-26)19-21-41(30)33(43)29-12-8-7-11-28(29)23-13-16-27(17-14-23)35(36,37)38/h4-18,22,31H,3,19-21H2,1-2H3,(H,39,42). The zero-order valence-electron chi connectivity index (χ0n) is 24.4. The highest BCUT2D eigenvalue weighted by Gasteiger charge is 2.32. The Bertz CT molecular complexity index is 1670. The molecule has 1 unspecified atom stereocenters. The summed E-state index contributed by atoms with van der Waals surface area (Å²) in [7, 11) is 1.71. The fourth-order valence-corrected chi connectivity index (χ4v) is 5.47. The van der Waals surface area contributed by atoms with Crippen LogP contribution in [0.5, 0.6) is 0 Å². The monoisotopic (exact) mass is 599 g/mol. The Morgan fingerprint density at radius 1 is 0.909 bits per heavy atom. The SMILES string of the molecule is CCCN(C)C(=O)C(NC(=O)c1ccc2c(c1)CCN2C(=O)c1ccccc1-c1ccc(C(F)(F)F)cc1)c1ccccc1. The van der Waals surface area contributed by atoms with Crippen molar-refractivity contribution in [2.75, 3.05) is 25.0 Å². The zero-order chi connectivity index (χ0) is 31.4. The minimum absolute atomic E-state index is 0.212. The molecular weight excluding hydrogens is 567 g/mol. The Hall–Kier alpha value is -4.92. The van der Waals surface area contributed by atoms with E-state index in [1.807, 2.05) is 25.1 Å². The second kappa shape index (κ2) is 12.8. The molecule has 1 aliphatic rings. The van der Waals surface area contributed by atoms with Gasteiger partial charge in [0.2, 0.25) is 5.91 Å². The van der Waals surface area contributed by atoms with Gasteiger partial charge < -0.3 is 15.1 Å². The van der Waals surface area contributed by atoms with Gasteiger partial charge in [0.15, 0.2) is 0 Å². The predicted octanol–water partition coefficient (Wildman–Crippen LogP) is 6.91. The number of nitrogens with one attached hydrogen (secondary N) is 1. The first kappa shape index (κ1) is 30.5. The Balaban J connectivity index is 1.37. The molecule has 0 fully saturated rings. The van der Waals surface area contributed by atoms with E-state index < -0.39 is 23.7 Å². The number of carbonyl (C=O) groups is 3. The zero-order valence-corrected chi connectivity index (χ0v) is 24.4. The number of benzene rings is 4. The van der Waals surface area contributed by atoms with E-state index in [1.54, 1.807) is 71.4 Å². The van der Waals surface area contributed by atoms with E-state index in [9.17, 15) is 27.6 Å². The maximum absolute atomic E-state index is 13.8. The van der Waals surface area contributed by atoms with Crippen LogP contribution in [0.1, 0.15) is 56.8 Å². The minimum atomic E-state index is -4.45. The number of rotatable bonds is 8. The Morgan fingerprint density at radius 3 is 2.27 bits per heavy atom. The van der Waals surface area contributed by atoms with E-state index >= 15 is 0 Å². The predicted molar refractivity (Wildman–Crippen MR) is 163 cm³/mol. The number of alkyl halides is 3. The van der Waals surface area contributed by atoms with Crippen LogP contribution in [-0.4, -0.2) is 42.8 Å². The third kappa shape index (κ3) is 6.37. The van der Waals surface area contributed by atoms with Gasteiger partial charge in [-0.3, -0.25) is 14.4 Å². The fraction of sp³-hybridized carbons (Fsp3) is 0.229. The van der Waals surface area contributed by atoms with Crippen molar-refractivity contribution in [2.45, 2.75) is 32.0 Å². The second-order valence-electron chi connectivity index (χ2n) is 10.7. The molecule has 6 nitrogen and oxygen atoms in total. The molecule has 0 aliphatic carbocycles. The summed E-state index contributed by atoms with van der Waals surface area (Å²) in [5, 5.41) is 2.90. The summed E-state index contributed by atoms with van der Waals surface area (Å²) < 4.78 is 39.3. The van der Waals surface area contributed by atoms with Crippen LogP contribution in [0.25, 0.3) is 11.1 Å². The number of halogens is 3. The van der Waals surface area contributed by atoms with Crippen molar-refractivity contribution in [3.05, 3.63) is 125 Å². The molecule has 0 spiro atoms. The van der Waals surface area contributed by atoms with Crippen molar-refractivity contribution >= 4 is 23.4 Å². The Labute approximate surface area is 254 Å². The van der Waals surface area contributed by atoms with Crippen LogP contribution < -0.4 is 10.2 Å². The molecular formula is C35H32F3N3O3. The topological polar surface area (TPSA) is 69.7 Å². The number of likely N-dealkylation sites (N-methyl/N-ethyl adjacent to an activating group) is 1. The molecule has 4 aromatic rings.